The molecule has 0 atom stereocenters. The maximum absolute atomic E-state index is 3.55. The smallest absolute Gasteiger partial charge is 0.135 e. The minimum atomic E-state index is -0.639. The highest BCUT2D eigenvalue weighted by Crippen LogP contribution is 2.16. The van der Waals surface area contributed by atoms with Gasteiger partial charge in [0.1, 0.15) is 0 Å². The first-order valence-electron chi connectivity index (χ1n) is 1.90. The van der Waals surface area contributed by atoms with Crippen LogP contribution in [0, 0.1) is 6.92 Å². The van der Waals surface area contributed by atoms with Crippen LogP contribution in [0.4, 0.5) is 0 Å². The summed E-state index contributed by atoms with van der Waals surface area (Å²) < 4.78 is 0. The van der Waals surface area contributed by atoms with E-state index in [-0.39, 0.29) is 0 Å². The Morgan fingerprint density at radius 1 is 1.29 bits per heavy atom. The molecule has 0 unspecified atom stereocenters. The van der Waals surface area contributed by atoms with Gasteiger partial charge in [0.05, 0.1) is 0 Å². The zero-order valence-electron chi connectivity index (χ0n) is 4.00. The fourth-order valence-corrected chi connectivity index (χ4v) is 0.253. The summed E-state index contributed by atoms with van der Waals surface area (Å²) in [5, 5.41) is 13.6. The zero-order chi connectivity index (χ0) is 5.33. The molecule has 0 aromatic heterocycles. The van der Waals surface area contributed by atoms with E-state index in [0.717, 1.165) is 0 Å². The quantitative estimate of drug-likeness (QED) is 0.438. The second-order valence-electron chi connectivity index (χ2n) is 1.60. The van der Waals surface area contributed by atoms with Crippen molar-refractivity contribution >= 4 is 0 Å². The third kappa shape index (κ3) is 0.792. The highest BCUT2D eigenvalue weighted by molar-refractivity contribution is 4.80. The van der Waals surface area contributed by atoms with Gasteiger partial charge in [-0.2, -0.15) is 0 Å². The third-order valence-corrected chi connectivity index (χ3v) is 0.560. The third-order valence-electron chi connectivity index (χ3n) is 0.560. The molecule has 0 aromatic rings. The van der Waals surface area contributed by atoms with Gasteiger partial charge in [-0.1, -0.05) is 0 Å². The maximum atomic E-state index is 3.55. The van der Waals surface area contributed by atoms with Crippen LogP contribution in [0.5, 0.6) is 0 Å². The van der Waals surface area contributed by atoms with Gasteiger partial charge in [-0.15, -0.1) is 10.2 Å². The highest BCUT2D eigenvalue weighted by Gasteiger charge is 2.17. The van der Waals surface area contributed by atoms with E-state index in [1.807, 2.05) is 0 Å². The van der Waals surface area contributed by atoms with Gasteiger partial charge in [-0.05, 0) is 17.4 Å². The van der Waals surface area contributed by atoms with Crippen molar-refractivity contribution in [1.82, 2.24) is 0 Å². The van der Waals surface area contributed by atoms with E-state index in [1.54, 1.807) is 6.92 Å². The molecule has 0 fully saturated rings. The lowest BCUT2D eigenvalue weighted by atomic mass is 10.3. The molecule has 0 N–H and O–H groups in total. The van der Waals surface area contributed by atoms with Gasteiger partial charge in [0.2, 0.25) is 0 Å². The summed E-state index contributed by atoms with van der Waals surface area (Å²) >= 11 is 0. The predicted molar refractivity (Wildman–Crippen MR) is 23.5 cm³/mol. The first kappa shape index (κ1) is 4.36. The van der Waals surface area contributed by atoms with Crippen LogP contribution in [0.3, 0.4) is 0 Å². The molecule has 1 radical (unpaired) electrons. The molecular weight excluding hydrogens is 92.1 g/mol. The van der Waals surface area contributed by atoms with Crippen LogP contribution < -0.4 is 0 Å². The molecule has 1 rings (SSSR count). The Morgan fingerprint density at radius 2 is 1.71 bits per heavy atom. The molecule has 0 bridgehead atoms. The number of hydrogen-bond acceptors (Lipinski definition) is 4. The summed E-state index contributed by atoms with van der Waals surface area (Å²) in [6.45, 7) is 5.28. The van der Waals surface area contributed by atoms with E-state index in [1.165, 1.54) is 0 Å². The molecule has 0 saturated heterocycles. The molecule has 0 aromatic carbocycles. The Kier molecular flexibility index (Phi) is 0.675. The molecule has 4 heteroatoms. The van der Waals surface area contributed by atoms with Crippen molar-refractivity contribution in [3.05, 3.63) is 6.92 Å². The van der Waals surface area contributed by atoms with E-state index >= 15 is 0 Å². The van der Waals surface area contributed by atoms with Crippen LogP contribution >= 0.6 is 0 Å². The van der Waals surface area contributed by atoms with Crippen molar-refractivity contribution in [1.29, 1.82) is 0 Å². The molecule has 0 saturated carbocycles. The fraction of sp³-hybridized carbons (Fsp3) is 0.667. The van der Waals surface area contributed by atoms with Gasteiger partial charge < -0.3 is 0 Å². The SMILES string of the molecule is [CH2]C1(C)N=NN=N1. The minimum Gasteiger partial charge on any atom is -0.135 e. The van der Waals surface area contributed by atoms with Crippen molar-refractivity contribution in [2.75, 3.05) is 0 Å². The first-order chi connectivity index (χ1) is 3.21. The highest BCUT2D eigenvalue weighted by atomic mass is 15.6. The van der Waals surface area contributed by atoms with Gasteiger partial charge in [0.25, 0.3) is 0 Å². The van der Waals surface area contributed by atoms with Crippen molar-refractivity contribution in [2.45, 2.75) is 12.6 Å². The van der Waals surface area contributed by atoms with Crippen LogP contribution in [0.15, 0.2) is 20.7 Å². The Labute approximate surface area is 41.3 Å². The van der Waals surface area contributed by atoms with Crippen LogP contribution in [0.25, 0.3) is 0 Å². The Bertz CT molecular complexity index is 109. The molecule has 0 amide bonds. The normalized spacial score (nSPS) is 23.7. The second kappa shape index (κ2) is 1.08. The maximum Gasteiger partial charge on any atom is 0.192 e. The van der Waals surface area contributed by atoms with Crippen molar-refractivity contribution in [3.63, 3.8) is 0 Å². The summed E-state index contributed by atoms with van der Waals surface area (Å²) in [5.41, 5.74) is -0.639. The van der Waals surface area contributed by atoms with E-state index in [2.05, 4.69) is 27.6 Å². The lowest BCUT2D eigenvalue weighted by Crippen LogP contribution is -2.07. The number of nitrogens with zero attached hydrogens (tertiary/aromatic N) is 4. The monoisotopic (exact) mass is 97.1 g/mol. The van der Waals surface area contributed by atoms with Crippen LogP contribution in [0.1, 0.15) is 6.92 Å². The van der Waals surface area contributed by atoms with Gasteiger partial charge in [-0.3, -0.25) is 0 Å². The molecule has 1 aliphatic heterocycles. The molecule has 0 aliphatic carbocycles. The summed E-state index contributed by atoms with van der Waals surface area (Å²) in [4.78, 5) is 0. The largest absolute Gasteiger partial charge is 0.192 e. The van der Waals surface area contributed by atoms with Crippen molar-refractivity contribution < 1.29 is 0 Å². The molecule has 1 aliphatic rings. The van der Waals surface area contributed by atoms with E-state index < -0.39 is 5.66 Å². The topological polar surface area (TPSA) is 49.4 Å². The number of hydrogen-bond donors (Lipinski definition) is 0. The number of rotatable bonds is 0. The van der Waals surface area contributed by atoms with Crippen molar-refractivity contribution in [3.8, 4) is 0 Å². The minimum absolute atomic E-state index is 0.639. The van der Waals surface area contributed by atoms with Gasteiger partial charge in [0, 0.05) is 6.92 Å². The molecule has 7 heavy (non-hydrogen) atoms. The molecule has 1 heterocycles. The fourth-order valence-electron chi connectivity index (χ4n) is 0.253. The molecule has 4 nitrogen and oxygen atoms in total. The van der Waals surface area contributed by atoms with Gasteiger partial charge in [-0.25, -0.2) is 0 Å². The Hall–Kier alpha value is -0.800. The summed E-state index contributed by atoms with van der Waals surface area (Å²) in [5.74, 6) is 0. The van der Waals surface area contributed by atoms with E-state index in [4.69, 9.17) is 0 Å². The van der Waals surface area contributed by atoms with E-state index in [0.29, 0.717) is 0 Å². The lowest BCUT2D eigenvalue weighted by Gasteiger charge is -1.99. The molecular formula is C3H5N4. The standard InChI is InChI=1S/C3H5N4/c1-3(2)4-6-7-5-3/h1H2,2H3. The Balaban J connectivity index is 2.77. The lowest BCUT2D eigenvalue weighted by molar-refractivity contribution is 0.609. The van der Waals surface area contributed by atoms with E-state index in [9.17, 15) is 0 Å². The Morgan fingerprint density at radius 3 is 1.86 bits per heavy atom. The zero-order valence-corrected chi connectivity index (χ0v) is 4.00. The van der Waals surface area contributed by atoms with Crippen LogP contribution in [-0.2, 0) is 0 Å². The summed E-state index contributed by atoms with van der Waals surface area (Å²) in [6, 6.07) is 0. The summed E-state index contributed by atoms with van der Waals surface area (Å²) in [7, 11) is 0. The molecule has 0 spiro atoms. The predicted octanol–water partition coefficient (Wildman–Crippen LogP) is 1.37. The summed E-state index contributed by atoms with van der Waals surface area (Å²) in [6.07, 6.45) is 0. The second-order valence-corrected chi connectivity index (χ2v) is 1.60. The first-order valence-corrected chi connectivity index (χ1v) is 1.90. The molecule has 37 valence electrons. The average molecular weight is 97.1 g/mol. The average Bonchev–Trinajstić information content (AvgIpc) is 1.84. The van der Waals surface area contributed by atoms with Crippen LogP contribution in [0.2, 0.25) is 0 Å². The van der Waals surface area contributed by atoms with Gasteiger partial charge in [0.15, 0.2) is 5.66 Å². The van der Waals surface area contributed by atoms with Crippen LogP contribution in [-0.4, -0.2) is 5.66 Å². The van der Waals surface area contributed by atoms with Crippen molar-refractivity contribution in [2.24, 2.45) is 20.7 Å². The van der Waals surface area contributed by atoms with Gasteiger partial charge >= 0.3 is 0 Å².